The van der Waals surface area contributed by atoms with Crippen molar-refractivity contribution in [2.24, 2.45) is 17.6 Å². The molecule has 0 aromatic heterocycles. The van der Waals surface area contributed by atoms with Crippen LogP contribution in [-0.4, -0.2) is 55.1 Å². The fourth-order valence-electron chi connectivity index (χ4n) is 3.35. The molecule has 1 saturated heterocycles. The summed E-state index contributed by atoms with van der Waals surface area (Å²) in [5.74, 6) is 1.61. The van der Waals surface area contributed by atoms with Gasteiger partial charge in [0.2, 0.25) is 0 Å². The average Bonchev–Trinajstić information content (AvgIpc) is 2.29. The number of nitrogens with zero attached hydrogens (tertiary/aromatic N) is 2. The van der Waals surface area contributed by atoms with Gasteiger partial charge in [-0.3, -0.25) is 0 Å². The summed E-state index contributed by atoms with van der Waals surface area (Å²) in [5, 5.41) is 0. The van der Waals surface area contributed by atoms with Gasteiger partial charge < -0.3 is 15.5 Å². The molecule has 0 radical (unpaired) electrons. The molecule has 1 heterocycles. The zero-order valence-electron chi connectivity index (χ0n) is 11.7. The van der Waals surface area contributed by atoms with Crippen LogP contribution < -0.4 is 5.73 Å². The van der Waals surface area contributed by atoms with Gasteiger partial charge in [-0.2, -0.15) is 0 Å². The molecule has 1 aliphatic heterocycles. The minimum Gasteiger partial charge on any atom is -0.327 e. The lowest BCUT2D eigenvalue weighted by Crippen LogP contribution is -2.53. The summed E-state index contributed by atoms with van der Waals surface area (Å²) in [4.78, 5) is 5.09. The maximum atomic E-state index is 6.28. The normalized spacial score (nSPS) is 41.6. The predicted octanol–water partition coefficient (Wildman–Crippen LogP) is 1.39. The van der Waals surface area contributed by atoms with Gasteiger partial charge in [-0.05, 0) is 45.1 Å². The first-order chi connectivity index (χ1) is 8.06. The highest BCUT2D eigenvalue weighted by molar-refractivity contribution is 4.85. The van der Waals surface area contributed by atoms with E-state index in [0.717, 1.165) is 11.8 Å². The van der Waals surface area contributed by atoms with Gasteiger partial charge in [-0.15, -0.1) is 0 Å². The van der Waals surface area contributed by atoms with Crippen molar-refractivity contribution < 1.29 is 0 Å². The highest BCUT2D eigenvalue weighted by Crippen LogP contribution is 2.28. The van der Waals surface area contributed by atoms with Crippen molar-refractivity contribution in [3.63, 3.8) is 0 Å². The van der Waals surface area contributed by atoms with Crippen LogP contribution in [0.15, 0.2) is 0 Å². The maximum Gasteiger partial charge on any atom is 0.0192 e. The Morgan fingerprint density at radius 2 is 1.94 bits per heavy atom. The van der Waals surface area contributed by atoms with Crippen molar-refractivity contribution in [2.75, 3.05) is 33.2 Å². The standard InChI is InChI=1S/C14H29N3/c1-11-4-5-14(15)13(8-11)10-17-7-6-16(3)12(2)9-17/h11-14H,4-10,15H2,1-3H3. The van der Waals surface area contributed by atoms with Crippen molar-refractivity contribution in [2.45, 2.75) is 45.2 Å². The molecule has 2 fully saturated rings. The lowest BCUT2D eigenvalue weighted by molar-refractivity contribution is 0.0766. The Morgan fingerprint density at radius 3 is 2.65 bits per heavy atom. The molecule has 4 atom stereocenters. The molecule has 1 aliphatic carbocycles. The highest BCUT2D eigenvalue weighted by Gasteiger charge is 2.29. The summed E-state index contributed by atoms with van der Waals surface area (Å²) >= 11 is 0. The molecule has 0 aromatic rings. The molecule has 2 N–H and O–H groups in total. The minimum atomic E-state index is 0.446. The van der Waals surface area contributed by atoms with Crippen LogP contribution >= 0.6 is 0 Å². The van der Waals surface area contributed by atoms with Crippen LogP contribution in [-0.2, 0) is 0 Å². The first kappa shape index (κ1) is 13.3. The molecule has 17 heavy (non-hydrogen) atoms. The Morgan fingerprint density at radius 1 is 1.18 bits per heavy atom. The fraction of sp³-hybridized carbons (Fsp3) is 1.00. The van der Waals surface area contributed by atoms with Gasteiger partial charge in [0, 0.05) is 38.3 Å². The van der Waals surface area contributed by atoms with Gasteiger partial charge in [-0.25, -0.2) is 0 Å². The van der Waals surface area contributed by atoms with E-state index in [2.05, 4.69) is 30.7 Å². The third kappa shape index (κ3) is 3.43. The van der Waals surface area contributed by atoms with Gasteiger partial charge in [0.05, 0.1) is 0 Å². The predicted molar refractivity (Wildman–Crippen MR) is 73.0 cm³/mol. The number of hydrogen-bond donors (Lipinski definition) is 1. The van der Waals surface area contributed by atoms with E-state index in [1.54, 1.807) is 0 Å². The summed E-state index contributed by atoms with van der Waals surface area (Å²) in [6, 6.07) is 1.14. The van der Waals surface area contributed by atoms with E-state index in [1.807, 2.05) is 0 Å². The smallest absolute Gasteiger partial charge is 0.0192 e. The zero-order valence-corrected chi connectivity index (χ0v) is 11.7. The third-order valence-electron chi connectivity index (χ3n) is 4.84. The van der Waals surface area contributed by atoms with Crippen molar-refractivity contribution >= 4 is 0 Å². The van der Waals surface area contributed by atoms with Crippen LogP contribution in [0.5, 0.6) is 0 Å². The van der Waals surface area contributed by atoms with E-state index in [0.29, 0.717) is 12.1 Å². The van der Waals surface area contributed by atoms with Crippen LogP contribution in [0.25, 0.3) is 0 Å². The van der Waals surface area contributed by atoms with E-state index >= 15 is 0 Å². The summed E-state index contributed by atoms with van der Waals surface area (Å²) in [6.45, 7) is 9.58. The van der Waals surface area contributed by atoms with E-state index in [1.165, 1.54) is 45.4 Å². The summed E-state index contributed by atoms with van der Waals surface area (Å²) < 4.78 is 0. The van der Waals surface area contributed by atoms with Crippen molar-refractivity contribution in [1.29, 1.82) is 0 Å². The average molecular weight is 239 g/mol. The molecule has 0 aromatic carbocycles. The van der Waals surface area contributed by atoms with Crippen LogP contribution in [0, 0.1) is 11.8 Å². The van der Waals surface area contributed by atoms with Crippen molar-refractivity contribution in [3.05, 3.63) is 0 Å². The molecule has 4 unspecified atom stereocenters. The second-order valence-electron chi connectivity index (χ2n) is 6.43. The first-order valence-corrected chi connectivity index (χ1v) is 7.24. The molecular weight excluding hydrogens is 210 g/mol. The molecule has 3 nitrogen and oxygen atoms in total. The maximum absolute atomic E-state index is 6.28. The molecule has 100 valence electrons. The number of piperazine rings is 1. The largest absolute Gasteiger partial charge is 0.327 e. The molecular formula is C14H29N3. The van der Waals surface area contributed by atoms with Crippen LogP contribution in [0.2, 0.25) is 0 Å². The molecule has 2 rings (SSSR count). The summed E-state index contributed by atoms with van der Waals surface area (Å²) in [5.41, 5.74) is 6.28. The van der Waals surface area contributed by atoms with Gasteiger partial charge in [-0.1, -0.05) is 6.92 Å². The first-order valence-electron chi connectivity index (χ1n) is 7.24. The van der Waals surface area contributed by atoms with Crippen molar-refractivity contribution in [3.8, 4) is 0 Å². The number of rotatable bonds is 2. The molecule has 2 aliphatic rings. The van der Waals surface area contributed by atoms with E-state index in [-0.39, 0.29) is 0 Å². The Balaban J connectivity index is 1.83. The topological polar surface area (TPSA) is 32.5 Å². The lowest BCUT2D eigenvalue weighted by atomic mass is 9.79. The Bertz CT molecular complexity index is 244. The molecule has 0 bridgehead atoms. The third-order valence-corrected chi connectivity index (χ3v) is 4.84. The molecule has 0 amide bonds. The Labute approximate surface area is 106 Å². The van der Waals surface area contributed by atoms with Crippen LogP contribution in [0.1, 0.15) is 33.1 Å². The molecule has 0 spiro atoms. The summed E-state index contributed by atoms with van der Waals surface area (Å²) in [7, 11) is 2.23. The number of hydrogen-bond acceptors (Lipinski definition) is 3. The van der Waals surface area contributed by atoms with Gasteiger partial charge in [0.25, 0.3) is 0 Å². The van der Waals surface area contributed by atoms with Crippen LogP contribution in [0.3, 0.4) is 0 Å². The highest BCUT2D eigenvalue weighted by atomic mass is 15.3. The SMILES string of the molecule is CC1CCC(N)C(CN2CCN(C)C(C)C2)C1. The monoisotopic (exact) mass is 239 g/mol. The number of nitrogens with two attached hydrogens (primary N) is 1. The lowest BCUT2D eigenvalue weighted by Gasteiger charge is -2.41. The van der Waals surface area contributed by atoms with E-state index in [9.17, 15) is 0 Å². The fourth-order valence-corrected chi connectivity index (χ4v) is 3.35. The molecule has 3 heteroatoms. The number of likely N-dealkylation sites (N-methyl/N-ethyl adjacent to an activating group) is 1. The van der Waals surface area contributed by atoms with Crippen LogP contribution in [0.4, 0.5) is 0 Å². The zero-order chi connectivity index (χ0) is 12.4. The van der Waals surface area contributed by atoms with E-state index in [4.69, 9.17) is 5.73 Å². The Kier molecular flexibility index (Phi) is 4.45. The quantitative estimate of drug-likeness (QED) is 0.790. The second kappa shape index (κ2) is 5.68. The Hall–Kier alpha value is -0.120. The minimum absolute atomic E-state index is 0.446. The molecule has 1 saturated carbocycles. The van der Waals surface area contributed by atoms with Crippen molar-refractivity contribution in [1.82, 2.24) is 9.80 Å². The second-order valence-corrected chi connectivity index (χ2v) is 6.43. The van der Waals surface area contributed by atoms with Gasteiger partial charge >= 0.3 is 0 Å². The van der Waals surface area contributed by atoms with E-state index < -0.39 is 0 Å². The van der Waals surface area contributed by atoms with Gasteiger partial charge in [0.15, 0.2) is 0 Å². The van der Waals surface area contributed by atoms with Gasteiger partial charge in [0.1, 0.15) is 0 Å². The summed E-state index contributed by atoms with van der Waals surface area (Å²) in [6.07, 6.45) is 3.90.